The minimum Gasteiger partial charge on any atom is -0.147 e. The van der Waals surface area contributed by atoms with E-state index < -0.39 is 0 Å². The molecule has 0 aliphatic heterocycles. The van der Waals surface area contributed by atoms with Gasteiger partial charge in [-0.2, -0.15) is 0 Å². The highest BCUT2D eigenvalue weighted by Gasteiger charge is 1.57. The third-order valence-electron chi connectivity index (χ3n) is 0.667. The van der Waals surface area contributed by atoms with Crippen LogP contribution in [0.25, 0.3) is 0 Å². The minimum atomic E-state index is 0. The lowest BCUT2D eigenvalue weighted by Gasteiger charge is -1.69. The molecule has 0 bridgehead atoms. The van der Waals surface area contributed by atoms with E-state index in [4.69, 9.17) is 0 Å². The molecule has 0 spiro atoms. The molecule has 0 heterocycles. The quantitative estimate of drug-likeness (QED) is 0.665. The molecule has 0 aliphatic carbocycles. The fraction of sp³-hybridized carbons (Fsp3) is 0. The van der Waals surface area contributed by atoms with Crippen LogP contribution in [0.4, 0.5) is 0 Å². The van der Waals surface area contributed by atoms with Gasteiger partial charge in [0.15, 0.2) is 0 Å². The van der Waals surface area contributed by atoms with E-state index in [-0.39, 0.29) is 62.0 Å². The number of rotatable bonds is 0. The molecule has 0 fully saturated rings. The van der Waals surface area contributed by atoms with Crippen LogP contribution in [0.1, 0.15) is 0 Å². The van der Waals surface area contributed by atoms with E-state index in [1.54, 1.807) is 0 Å². The van der Waals surface area contributed by atoms with Crippen molar-refractivity contribution in [3.05, 3.63) is 36.4 Å². The second kappa shape index (κ2) is 22.4. The SMILES string of the molecule is Cl.Cl.Cl.Cl.Cl.c1ccccc1. The predicted octanol–water partition coefficient (Wildman–Crippen LogP) is 3.80. The Morgan fingerprint density at radius 1 is 0.273 bits per heavy atom. The molecule has 0 saturated heterocycles. The van der Waals surface area contributed by atoms with E-state index in [1.807, 2.05) is 36.4 Å². The number of hydrogen-bond donors (Lipinski definition) is 0. The first-order valence-electron chi connectivity index (χ1n) is 2.00. The molecule has 0 N–H and O–H groups in total. The summed E-state index contributed by atoms with van der Waals surface area (Å²) in [6.07, 6.45) is 0. The van der Waals surface area contributed by atoms with Crippen LogP contribution < -0.4 is 0 Å². The van der Waals surface area contributed by atoms with Crippen molar-refractivity contribution in [3.8, 4) is 0 Å². The average molecular weight is 260 g/mol. The van der Waals surface area contributed by atoms with E-state index in [2.05, 4.69) is 0 Å². The third-order valence-corrected chi connectivity index (χ3v) is 0.667. The van der Waals surface area contributed by atoms with Crippen LogP contribution in [0.15, 0.2) is 36.4 Å². The maximum Gasteiger partial charge on any atom is -0.0623 e. The molecule has 0 aliphatic rings. The Balaban J connectivity index is -0.0000000240. The first-order chi connectivity index (χ1) is 3.00. The monoisotopic (exact) mass is 258 g/mol. The molecule has 1 aromatic rings. The Morgan fingerprint density at radius 2 is 0.364 bits per heavy atom. The third kappa shape index (κ3) is 18.0. The minimum absolute atomic E-state index is 0. The zero-order valence-electron chi connectivity index (χ0n) is 5.51. The molecule has 0 unspecified atom stereocenters. The molecule has 5 heteroatoms. The summed E-state index contributed by atoms with van der Waals surface area (Å²) in [6.45, 7) is 0. The van der Waals surface area contributed by atoms with Crippen LogP contribution in [0.2, 0.25) is 0 Å². The molecule has 0 amide bonds. The van der Waals surface area contributed by atoms with Gasteiger partial charge >= 0.3 is 0 Å². The second-order valence-electron chi connectivity index (χ2n) is 1.15. The first kappa shape index (κ1) is 29.9. The lowest BCUT2D eigenvalue weighted by atomic mass is 10.4. The van der Waals surface area contributed by atoms with Crippen LogP contribution >= 0.6 is 62.0 Å². The molecule has 0 saturated carbocycles. The summed E-state index contributed by atoms with van der Waals surface area (Å²) < 4.78 is 0. The standard InChI is InChI=1S/C6H6.5ClH/c1-2-4-6-5-3-1;;;;;/h1-6H;5*1H. The maximum absolute atomic E-state index is 2.00. The van der Waals surface area contributed by atoms with Gasteiger partial charge in [0.2, 0.25) is 0 Å². The fourth-order valence-electron chi connectivity index (χ4n) is 0.385. The second-order valence-corrected chi connectivity index (χ2v) is 1.15. The highest BCUT2D eigenvalue weighted by atomic mass is 35.5. The summed E-state index contributed by atoms with van der Waals surface area (Å²) in [7, 11) is 0. The summed E-state index contributed by atoms with van der Waals surface area (Å²) in [4.78, 5) is 0. The zero-order chi connectivity index (χ0) is 4.24. The van der Waals surface area contributed by atoms with Gasteiger partial charge in [0.25, 0.3) is 0 Å². The van der Waals surface area contributed by atoms with Gasteiger partial charge in [-0.05, 0) is 0 Å². The Bertz CT molecular complexity index is 82.9. The molecular weight excluding hydrogens is 249 g/mol. The lowest BCUT2D eigenvalue weighted by molar-refractivity contribution is 1.72. The van der Waals surface area contributed by atoms with Crippen molar-refractivity contribution in [1.29, 1.82) is 0 Å². The first-order valence-corrected chi connectivity index (χ1v) is 2.00. The Morgan fingerprint density at radius 3 is 0.455 bits per heavy atom. The highest BCUT2D eigenvalue weighted by Crippen LogP contribution is 1.79. The van der Waals surface area contributed by atoms with Crippen molar-refractivity contribution in [2.45, 2.75) is 0 Å². The number of benzene rings is 1. The van der Waals surface area contributed by atoms with Gasteiger partial charge in [-0.3, -0.25) is 0 Å². The fourth-order valence-corrected chi connectivity index (χ4v) is 0.385. The van der Waals surface area contributed by atoms with E-state index in [9.17, 15) is 0 Å². The van der Waals surface area contributed by atoms with E-state index >= 15 is 0 Å². The van der Waals surface area contributed by atoms with Crippen molar-refractivity contribution < 1.29 is 0 Å². The summed E-state index contributed by atoms with van der Waals surface area (Å²) in [5, 5.41) is 0. The molecule has 1 aromatic carbocycles. The van der Waals surface area contributed by atoms with E-state index in [0.29, 0.717) is 0 Å². The maximum atomic E-state index is 2.00. The zero-order valence-corrected chi connectivity index (χ0v) is 9.59. The van der Waals surface area contributed by atoms with Crippen molar-refractivity contribution in [3.63, 3.8) is 0 Å². The van der Waals surface area contributed by atoms with Crippen molar-refractivity contribution in [2.24, 2.45) is 0 Å². The molecule has 70 valence electrons. The normalized spacial score (nSPS) is 4.36. The summed E-state index contributed by atoms with van der Waals surface area (Å²) in [5.74, 6) is 0. The molecule has 11 heavy (non-hydrogen) atoms. The summed E-state index contributed by atoms with van der Waals surface area (Å²) >= 11 is 0. The molecule has 0 aromatic heterocycles. The van der Waals surface area contributed by atoms with Crippen molar-refractivity contribution in [2.75, 3.05) is 0 Å². The van der Waals surface area contributed by atoms with Crippen LogP contribution in [0.5, 0.6) is 0 Å². The van der Waals surface area contributed by atoms with Crippen molar-refractivity contribution in [1.82, 2.24) is 0 Å². The molecule has 0 atom stereocenters. The van der Waals surface area contributed by atoms with Crippen molar-refractivity contribution >= 4 is 62.0 Å². The molecule has 0 nitrogen and oxygen atoms in total. The summed E-state index contributed by atoms with van der Waals surface area (Å²) in [6, 6.07) is 12.0. The van der Waals surface area contributed by atoms with Gasteiger partial charge in [0.05, 0.1) is 0 Å². The summed E-state index contributed by atoms with van der Waals surface area (Å²) in [5.41, 5.74) is 0. The van der Waals surface area contributed by atoms with Gasteiger partial charge in [-0.1, -0.05) is 36.4 Å². The van der Waals surface area contributed by atoms with Gasteiger partial charge in [-0.25, -0.2) is 0 Å². The topological polar surface area (TPSA) is 0 Å². The van der Waals surface area contributed by atoms with E-state index in [1.165, 1.54) is 0 Å². The highest BCUT2D eigenvalue weighted by molar-refractivity contribution is 5.86. The predicted molar refractivity (Wildman–Crippen MR) is 62.7 cm³/mol. The lowest BCUT2D eigenvalue weighted by Crippen LogP contribution is -1.47. The van der Waals surface area contributed by atoms with Gasteiger partial charge in [-0.15, -0.1) is 62.0 Å². The van der Waals surface area contributed by atoms with Crippen LogP contribution in [-0.2, 0) is 0 Å². The van der Waals surface area contributed by atoms with Crippen LogP contribution in [-0.4, -0.2) is 0 Å². The molecule has 1 rings (SSSR count). The smallest absolute Gasteiger partial charge is 0.0623 e. The Labute approximate surface area is 98.2 Å². The van der Waals surface area contributed by atoms with Gasteiger partial charge in [0, 0.05) is 0 Å². The van der Waals surface area contributed by atoms with E-state index in [0.717, 1.165) is 0 Å². The van der Waals surface area contributed by atoms with Crippen LogP contribution in [0, 0.1) is 0 Å². The number of hydrogen-bond acceptors (Lipinski definition) is 0. The largest absolute Gasteiger partial charge is 0.147 e. The average Bonchev–Trinajstić information content (AvgIpc) is 1.72. The Kier molecular flexibility index (Phi) is 60.9. The van der Waals surface area contributed by atoms with Gasteiger partial charge < -0.3 is 0 Å². The molecular formula is C6H11Cl5. The number of halogens is 5. The van der Waals surface area contributed by atoms with Crippen LogP contribution in [0.3, 0.4) is 0 Å². The molecule has 0 radical (unpaired) electrons. The Hall–Kier alpha value is 0.670. The van der Waals surface area contributed by atoms with Gasteiger partial charge in [0.1, 0.15) is 0 Å².